The molecule has 0 bridgehead atoms. The lowest BCUT2D eigenvalue weighted by Crippen LogP contribution is -2.30. The van der Waals surface area contributed by atoms with Crippen molar-refractivity contribution in [1.29, 1.82) is 0 Å². The maximum Gasteiger partial charge on any atom is 0.265 e. The zero-order valence-corrected chi connectivity index (χ0v) is 19.1. The normalized spacial score (nSPS) is 15.9. The number of hydrogen-bond donors (Lipinski definition) is 1. The molecule has 0 spiro atoms. The Bertz CT molecular complexity index is 977. The number of carbonyl (C=O) groups excluding carboxylic acids is 1. The summed E-state index contributed by atoms with van der Waals surface area (Å²) in [4.78, 5) is 12.8. The molecule has 1 aliphatic rings. The Morgan fingerprint density at radius 1 is 1.10 bits per heavy atom. The van der Waals surface area contributed by atoms with Crippen molar-refractivity contribution in [2.24, 2.45) is 0 Å². The Kier molecular flexibility index (Phi) is 6.65. The summed E-state index contributed by atoms with van der Waals surface area (Å²) in [5.74, 6) is 0.379. The summed E-state index contributed by atoms with van der Waals surface area (Å²) in [5, 5.41) is 2.78. The molecular weight excluding hydrogens is 456 g/mol. The van der Waals surface area contributed by atoms with Crippen LogP contribution in [0.15, 0.2) is 45.8 Å². The Hall–Kier alpha value is -1.90. The van der Waals surface area contributed by atoms with Crippen LogP contribution in [0.25, 0.3) is 0 Å². The topological polar surface area (TPSA) is 75.7 Å². The molecule has 0 aliphatic carbocycles. The monoisotopic (exact) mass is 480 g/mol. The lowest BCUT2D eigenvalue weighted by Gasteiger charge is -2.19. The first-order valence-electron chi connectivity index (χ1n) is 9.53. The van der Waals surface area contributed by atoms with Gasteiger partial charge in [0.15, 0.2) is 6.10 Å². The highest BCUT2D eigenvalue weighted by molar-refractivity contribution is 9.10. The third-order valence-electron chi connectivity index (χ3n) is 4.91. The van der Waals surface area contributed by atoms with Crippen LogP contribution in [0.1, 0.15) is 30.9 Å². The highest BCUT2D eigenvalue weighted by atomic mass is 79.9. The number of hydrogen-bond acceptors (Lipinski definition) is 4. The molecule has 156 valence electrons. The molecule has 1 saturated heterocycles. The Morgan fingerprint density at radius 2 is 1.66 bits per heavy atom. The van der Waals surface area contributed by atoms with Gasteiger partial charge in [0.25, 0.3) is 5.91 Å². The molecule has 1 N–H and O–H groups in total. The van der Waals surface area contributed by atoms with Crippen molar-refractivity contribution in [3.63, 3.8) is 0 Å². The third-order valence-corrected chi connectivity index (χ3v) is 7.28. The van der Waals surface area contributed by atoms with Gasteiger partial charge in [-0.2, -0.15) is 4.31 Å². The quantitative estimate of drug-likeness (QED) is 0.669. The first-order valence-corrected chi connectivity index (χ1v) is 11.8. The van der Waals surface area contributed by atoms with Crippen LogP contribution < -0.4 is 10.1 Å². The van der Waals surface area contributed by atoms with E-state index in [2.05, 4.69) is 21.2 Å². The molecule has 2 aromatic rings. The number of halogens is 1. The molecule has 1 heterocycles. The lowest BCUT2D eigenvalue weighted by molar-refractivity contribution is -0.122. The Labute approximate surface area is 180 Å². The van der Waals surface area contributed by atoms with Crippen LogP contribution in [0.2, 0.25) is 0 Å². The summed E-state index contributed by atoms with van der Waals surface area (Å²) in [7, 11) is -3.46. The molecule has 0 radical (unpaired) electrons. The van der Waals surface area contributed by atoms with E-state index in [4.69, 9.17) is 4.74 Å². The zero-order valence-electron chi connectivity index (χ0n) is 16.7. The summed E-state index contributed by atoms with van der Waals surface area (Å²) < 4.78 is 33.5. The second-order valence-electron chi connectivity index (χ2n) is 7.25. The van der Waals surface area contributed by atoms with Gasteiger partial charge < -0.3 is 10.1 Å². The van der Waals surface area contributed by atoms with Gasteiger partial charge in [0.05, 0.1) is 4.90 Å². The van der Waals surface area contributed by atoms with Gasteiger partial charge in [-0.1, -0.05) is 15.9 Å². The summed E-state index contributed by atoms with van der Waals surface area (Å²) in [6, 6.07) is 10.1. The number of sulfonamides is 1. The van der Waals surface area contributed by atoms with Gasteiger partial charge in [-0.3, -0.25) is 4.79 Å². The van der Waals surface area contributed by atoms with Gasteiger partial charge in [0.1, 0.15) is 5.75 Å². The number of rotatable bonds is 6. The molecule has 1 aliphatic heterocycles. The fourth-order valence-corrected chi connectivity index (χ4v) is 5.55. The molecule has 1 amide bonds. The number of benzene rings is 2. The van der Waals surface area contributed by atoms with E-state index in [1.807, 2.05) is 26.0 Å². The van der Waals surface area contributed by atoms with Gasteiger partial charge in [-0.05, 0) is 81.1 Å². The van der Waals surface area contributed by atoms with Crippen LogP contribution in [0.3, 0.4) is 0 Å². The van der Waals surface area contributed by atoms with Crippen molar-refractivity contribution in [3.05, 3.63) is 52.0 Å². The number of nitrogens with zero attached hydrogens (tertiary/aromatic N) is 1. The molecule has 8 heteroatoms. The Morgan fingerprint density at radius 3 is 2.21 bits per heavy atom. The molecular formula is C21H25BrN2O4S. The first-order chi connectivity index (χ1) is 13.7. The predicted molar refractivity (Wildman–Crippen MR) is 117 cm³/mol. The van der Waals surface area contributed by atoms with Crippen LogP contribution >= 0.6 is 15.9 Å². The molecule has 2 aromatic carbocycles. The minimum atomic E-state index is -3.46. The summed E-state index contributed by atoms with van der Waals surface area (Å²) >= 11 is 3.45. The first kappa shape index (κ1) is 21.8. The predicted octanol–water partition coefficient (Wildman–Crippen LogP) is 4.26. The molecule has 0 aromatic heterocycles. The zero-order chi connectivity index (χ0) is 21.2. The fourth-order valence-electron chi connectivity index (χ4n) is 3.35. The summed E-state index contributed by atoms with van der Waals surface area (Å²) in [6.07, 6.45) is 1.08. The van der Waals surface area contributed by atoms with Gasteiger partial charge in [0, 0.05) is 23.2 Å². The maximum atomic E-state index is 12.6. The second kappa shape index (κ2) is 8.85. The molecule has 3 rings (SSSR count). The fraction of sp³-hybridized carbons (Fsp3) is 0.381. The highest BCUT2D eigenvalue weighted by Crippen LogP contribution is 2.28. The van der Waals surface area contributed by atoms with E-state index < -0.39 is 16.1 Å². The standard InChI is InChI=1S/C21H25BrN2O4S/c1-14-12-17(22)13-15(2)20(14)28-16(3)21(25)23-18-6-8-19(9-7-18)29(26,27)24-10-4-5-11-24/h6-9,12-13,16H,4-5,10-11H2,1-3H3,(H,23,25). The van der Waals surface area contributed by atoms with Gasteiger partial charge in [-0.25, -0.2) is 8.42 Å². The minimum absolute atomic E-state index is 0.239. The molecule has 1 unspecified atom stereocenters. The van der Waals surface area contributed by atoms with E-state index in [0.717, 1.165) is 28.4 Å². The van der Waals surface area contributed by atoms with Crippen LogP contribution in [-0.2, 0) is 14.8 Å². The molecule has 1 fully saturated rings. The largest absolute Gasteiger partial charge is 0.480 e. The van der Waals surface area contributed by atoms with Crippen molar-refractivity contribution in [2.75, 3.05) is 18.4 Å². The van der Waals surface area contributed by atoms with E-state index >= 15 is 0 Å². The molecule has 6 nitrogen and oxygen atoms in total. The number of ether oxygens (including phenoxy) is 1. The van der Waals surface area contributed by atoms with E-state index in [0.29, 0.717) is 24.5 Å². The average Bonchev–Trinajstić information content (AvgIpc) is 3.20. The number of anilines is 1. The van der Waals surface area contributed by atoms with E-state index in [-0.39, 0.29) is 10.8 Å². The van der Waals surface area contributed by atoms with Gasteiger partial charge in [-0.15, -0.1) is 0 Å². The lowest BCUT2D eigenvalue weighted by atomic mass is 10.1. The highest BCUT2D eigenvalue weighted by Gasteiger charge is 2.27. The molecule has 0 saturated carbocycles. The summed E-state index contributed by atoms with van der Waals surface area (Å²) in [5.41, 5.74) is 2.40. The van der Waals surface area contributed by atoms with Crippen molar-refractivity contribution in [2.45, 2.75) is 44.6 Å². The second-order valence-corrected chi connectivity index (χ2v) is 10.1. The van der Waals surface area contributed by atoms with Crippen molar-refractivity contribution < 1.29 is 17.9 Å². The van der Waals surface area contributed by atoms with Crippen molar-refractivity contribution in [1.82, 2.24) is 4.31 Å². The molecule has 29 heavy (non-hydrogen) atoms. The summed E-state index contributed by atoms with van der Waals surface area (Å²) in [6.45, 7) is 6.66. The minimum Gasteiger partial charge on any atom is -0.480 e. The number of carbonyl (C=O) groups is 1. The van der Waals surface area contributed by atoms with Crippen molar-refractivity contribution >= 4 is 37.5 Å². The number of amides is 1. The average molecular weight is 481 g/mol. The van der Waals surface area contributed by atoms with E-state index in [1.165, 1.54) is 16.4 Å². The van der Waals surface area contributed by atoms with E-state index in [9.17, 15) is 13.2 Å². The van der Waals surface area contributed by atoms with Crippen LogP contribution in [-0.4, -0.2) is 37.8 Å². The van der Waals surface area contributed by atoms with Gasteiger partial charge in [0.2, 0.25) is 10.0 Å². The number of nitrogens with one attached hydrogen (secondary N) is 1. The van der Waals surface area contributed by atoms with E-state index in [1.54, 1.807) is 19.1 Å². The Balaban J connectivity index is 1.66. The molecule has 1 atom stereocenters. The van der Waals surface area contributed by atoms with Crippen molar-refractivity contribution in [3.8, 4) is 5.75 Å². The SMILES string of the molecule is Cc1cc(Br)cc(C)c1OC(C)C(=O)Nc1ccc(S(=O)(=O)N2CCCC2)cc1. The third kappa shape index (κ3) is 4.99. The van der Waals surface area contributed by atoms with Crippen LogP contribution in [0.5, 0.6) is 5.75 Å². The van der Waals surface area contributed by atoms with Crippen LogP contribution in [0, 0.1) is 13.8 Å². The number of aryl methyl sites for hydroxylation is 2. The smallest absolute Gasteiger partial charge is 0.265 e. The maximum absolute atomic E-state index is 12.6. The van der Waals surface area contributed by atoms with Gasteiger partial charge >= 0.3 is 0 Å². The van der Waals surface area contributed by atoms with Crippen LogP contribution in [0.4, 0.5) is 5.69 Å².